The van der Waals surface area contributed by atoms with Crippen molar-refractivity contribution in [1.82, 2.24) is 0 Å². The molecule has 0 amide bonds. The Morgan fingerprint density at radius 1 is 0.710 bits per heavy atom. The lowest BCUT2D eigenvalue weighted by atomic mass is 10.4. The molecule has 0 radical (unpaired) electrons. The van der Waals surface area contributed by atoms with E-state index in [0.717, 1.165) is 10.5 Å². The Bertz CT molecular complexity index is 632. The molecule has 0 aliphatic carbocycles. The first kappa shape index (κ1) is 33.0. The topological polar surface area (TPSA) is 91.6 Å². The molecule has 0 unspecified atom stereocenters. The van der Waals surface area contributed by atoms with Gasteiger partial charge < -0.3 is 8.86 Å². The van der Waals surface area contributed by atoms with Gasteiger partial charge in [-0.3, -0.25) is 0 Å². The fraction of sp³-hybridized carbons (Fsp3) is 1.00. The lowest BCUT2D eigenvalue weighted by molar-refractivity contribution is -0.0444. The van der Waals surface area contributed by atoms with Crippen LogP contribution in [-0.4, -0.2) is 59.8 Å². The van der Waals surface area contributed by atoms with Crippen LogP contribution in [0.25, 0.3) is 4.13 Å². The summed E-state index contributed by atoms with van der Waals surface area (Å²) < 4.78 is 115. The summed E-state index contributed by atoms with van der Waals surface area (Å²) in [4.78, 5) is 0. The van der Waals surface area contributed by atoms with Crippen molar-refractivity contribution in [3.05, 3.63) is 4.13 Å². The first-order valence-corrected chi connectivity index (χ1v) is 15.1. The fourth-order valence-electron chi connectivity index (χ4n) is 2.50. The Morgan fingerprint density at radius 2 is 1.00 bits per heavy atom. The predicted octanol–water partition coefficient (Wildman–Crippen LogP) is 6.07. The van der Waals surface area contributed by atoms with E-state index in [2.05, 4.69) is 20.8 Å². The number of halogens is 6. The zero-order valence-electron chi connectivity index (χ0n) is 18.1. The highest BCUT2D eigenvalue weighted by atomic mass is 32.3. The molecule has 0 fully saturated rings. The molecule has 0 spiro atoms. The minimum atomic E-state index is -6.72. The first-order valence-electron chi connectivity index (χ1n) is 9.66. The van der Waals surface area contributed by atoms with E-state index in [0.29, 0.717) is 0 Å². The maximum absolute atomic E-state index is 11.4. The number of hydrogen-bond acceptors (Lipinski definition) is 5. The summed E-state index contributed by atoms with van der Waals surface area (Å²) in [5.74, 6) is 0. The zero-order valence-corrected chi connectivity index (χ0v) is 20.6. The number of methoxy groups -OCH3 is 1. The second kappa shape index (κ2) is 14.2. The molecule has 0 saturated heterocycles. The molecule has 0 aliphatic heterocycles. The number of ether oxygens (including phenoxy) is 1. The van der Waals surface area contributed by atoms with E-state index in [1.54, 1.807) is 0 Å². The van der Waals surface area contributed by atoms with E-state index in [9.17, 15) is 43.2 Å². The van der Waals surface area contributed by atoms with Crippen LogP contribution in [-0.2, 0) is 24.8 Å². The molecule has 15 heteroatoms. The molecule has 0 aromatic heterocycles. The summed E-state index contributed by atoms with van der Waals surface area (Å²) in [6.45, 7) is 6.92. The molecular formula is C16H32F6NO5PS2. The van der Waals surface area contributed by atoms with Crippen LogP contribution < -0.4 is 0 Å². The standard InChI is InChI=1S/C14H32OP.C2F6NO4S2/c1-5-8-11-16(14-15-4,12-9-6-2)13-10-7-3;3-1(4,5)14(10,11)9-15(12,13)2(6,7)8/h5-14H2,1-4H3;/q+1;-1. The summed E-state index contributed by atoms with van der Waals surface area (Å²) in [6, 6.07) is 0. The van der Waals surface area contributed by atoms with E-state index >= 15 is 0 Å². The second-order valence-corrected chi connectivity index (χ2v) is 14.6. The molecule has 0 aromatic carbocycles. The highest BCUT2D eigenvalue weighted by molar-refractivity contribution is 8.13. The molecule has 0 atom stereocenters. The van der Waals surface area contributed by atoms with Crippen molar-refractivity contribution in [3.63, 3.8) is 0 Å². The SMILES string of the molecule is CCCC[P+](CCCC)(CCCC)COC.O=S(=O)([N-]S(=O)(=O)C(F)(F)F)C(F)(F)F. The minimum Gasteiger partial charge on any atom is -0.421 e. The van der Waals surface area contributed by atoms with Gasteiger partial charge in [0, 0.05) is 14.4 Å². The molecule has 0 aliphatic rings. The first-order chi connectivity index (χ1) is 13.9. The largest absolute Gasteiger partial charge is 0.480 e. The van der Waals surface area contributed by atoms with Gasteiger partial charge in [0.25, 0.3) is 0 Å². The van der Waals surface area contributed by atoms with E-state index in [-0.39, 0.29) is 0 Å². The predicted molar refractivity (Wildman–Crippen MR) is 111 cm³/mol. The van der Waals surface area contributed by atoms with Gasteiger partial charge in [-0.2, -0.15) is 26.3 Å². The average Bonchev–Trinajstić information content (AvgIpc) is 2.61. The van der Waals surface area contributed by atoms with Crippen LogP contribution >= 0.6 is 7.26 Å². The lowest BCUT2D eigenvalue weighted by Crippen LogP contribution is -2.30. The van der Waals surface area contributed by atoms with Crippen LogP contribution in [0.3, 0.4) is 0 Å². The summed E-state index contributed by atoms with van der Waals surface area (Å²) >= 11 is 0. The number of rotatable bonds is 13. The van der Waals surface area contributed by atoms with E-state index < -0.39 is 38.3 Å². The maximum Gasteiger partial charge on any atom is 0.480 e. The lowest BCUT2D eigenvalue weighted by Gasteiger charge is -2.26. The van der Waals surface area contributed by atoms with E-state index in [4.69, 9.17) is 4.74 Å². The van der Waals surface area contributed by atoms with Gasteiger partial charge in [-0.05, 0) is 19.3 Å². The van der Waals surface area contributed by atoms with Gasteiger partial charge in [0.05, 0.1) is 18.5 Å². The van der Waals surface area contributed by atoms with Crippen molar-refractivity contribution in [2.45, 2.75) is 70.3 Å². The molecule has 0 heterocycles. The molecule has 0 rings (SSSR count). The van der Waals surface area contributed by atoms with E-state index in [1.165, 1.54) is 57.0 Å². The molecule has 31 heavy (non-hydrogen) atoms. The van der Waals surface area contributed by atoms with Gasteiger partial charge in [0.15, 0.2) is 26.4 Å². The highest BCUT2D eigenvalue weighted by Gasteiger charge is 2.47. The number of sulfonamides is 2. The monoisotopic (exact) mass is 527 g/mol. The number of hydrogen-bond donors (Lipinski definition) is 0. The second-order valence-electron chi connectivity index (χ2n) is 6.91. The van der Waals surface area contributed by atoms with Crippen molar-refractivity contribution >= 4 is 27.3 Å². The van der Waals surface area contributed by atoms with Crippen molar-refractivity contribution < 1.29 is 47.9 Å². The maximum atomic E-state index is 11.4. The van der Waals surface area contributed by atoms with Crippen LogP contribution in [0, 0.1) is 0 Å². The van der Waals surface area contributed by atoms with Crippen molar-refractivity contribution in [1.29, 1.82) is 0 Å². The number of alkyl halides is 6. The average molecular weight is 528 g/mol. The Kier molecular flexibility index (Phi) is 15.1. The van der Waals surface area contributed by atoms with Crippen LogP contribution in [0.1, 0.15) is 59.3 Å². The van der Waals surface area contributed by atoms with Crippen molar-refractivity contribution in [2.75, 3.05) is 31.9 Å². The van der Waals surface area contributed by atoms with Gasteiger partial charge in [0.2, 0.25) is 0 Å². The fourth-order valence-corrected chi connectivity index (χ4v) is 8.77. The van der Waals surface area contributed by atoms with Crippen LogP contribution in [0.4, 0.5) is 26.3 Å². The third kappa shape index (κ3) is 12.6. The molecule has 0 bridgehead atoms. The van der Waals surface area contributed by atoms with Crippen molar-refractivity contribution in [2.24, 2.45) is 0 Å². The molecule has 190 valence electrons. The normalized spacial score (nSPS) is 13.6. The van der Waals surface area contributed by atoms with Crippen LogP contribution in [0.15, 0.2) is 0 Å². The van der Waals surface area contributed by atoms with Gasteiger partial charge in [0.1, 0.15) is 0 Å². The Labute approximate surface area is 181 Å². The molecule has 0 saturated carbocycles. The minimum absolute atomic E-state index is 0.768. The zero-order chi connectivity index (χ0) is 25.0. The summed E-state index contributed by atoms with van der Waals surface area (Å²) in [5.41, 5.74) is -12.4. The van der Waals surface area contributed by atoms with Crippen LogP contribution in [0.5, 0.6) is 0 Å². The molecule has 6 nitrogen and oxygen atoms in total. The number of unbranched alkanes of at least 4 members (excludes halogenated alkanes) is 3. The Morgan fingerprint density at radius 3 is 1.19 bits per heavy atom. The third-order valence-electron chi connectivity index (χ3n) is 4.14. The van der Waals surface area contributed by atoms with Crippen molar-refractivity contribution in [3.8, 4) is 0 Å². The third-order valence-corrected chi connectivity index (χ3v) is 11.5. The molecule has 0 N–H and O–H groups in total. The summed E-state index contributed by atoms with van der Waals surface area (Å²) in [6.07, 6.45) is 13.7. The smallest absolute Gasteiger partial charge is 0.421 e. The summed E-state index contributed by atoms with van der Waals surface area (Å²) in [5, 5.41) is 0. The highest BCUT2D eigenvalue weighted by Crippen LogP contribution is 2.60. The number of nitrogens with zero attached hydrogens (tertiary/aromatic N) is 1. The van der Waals surface area contributed by atoms with Gasteiger partial charge >= 0.3 is 11.0 Å². The summed E-state index contributed by atoms with van der Waals surface area (Å²) in [7, 11) is -12.3. The van der Waals surface area contributed by atoms with Gasteiger partial charge in [-0.15, -0.1) is 0 Å². The molecular weight excluding hydrogens is 495 g/mol. The quantitative estimate of drug-likeness (QED) is 0.214. The Hall–Kier alpha value is -0.170. The van der Waals surface area contributed by atoms with Crippen LogP contribution in [0.2, 0.25) is 0 Å². The molecule has 0 aromatic rings. The van der Waals surface area contributed by atoms with E-state index in [1.807, 2.05) is 7.11 Å². The van der Waals surface area contributed by atoms with Gasteiger partial charge in [-0.25, -0.2) is 16.8 Å². The Balaban J connectivity index is 0. The van der Waals surface area contributed by atoms with Gasteiger partial charge in [-0.1, -0.05) is 40.0 Å².